The quantitative estimate of drug-likeness (QED) is 0.176. The molecule has 0 aliphatic carbocycles. The molecule has 7 heteroatoms. The Hall–Kier alpha value is -4.00. The van der Waals surface area contributed by atoms with Crippen LogP contribution < -0.4 is 0 Å². The first-order valence-corrected chi connectivity index (χ1v) is 15.5. The van der Waals surface area contributed by atoms with Gasteiger partial charge in [0.25, 0.3) is 0 Å². The number of imidazole rings is 1. The molecular weight excluding hydrogens is 532 g/mol. The third-order valence-electron chi connectivity index (χ3n) is 8.28. The van der Waals surface area contributed by atoms with Gasteiger partial charge in [-0.25, -0.2) is 15.0 Å². The average molecular weight is 579 g/mol. The molecule has 43 heavy (non-hydrogen) atoms. The Morgan fingerprint density at radius 2 is 1.56 bits per heavy atom. The first-order chi connectivity index (χ1) is 20.3. The molecule has 2 N–H and O–H groups in total. The molecule has 0 saturated carbocycles. The monoisotopic (exact) mass is 578 g/mol. The largest absolute Gasteiger partial charge is 0.343 e. The van der Waals surface area contributed by atoms with Gasteiger partial charge in [-0.1, -0.05) is 51.8 Å². The molecule has 1 aromatic carbocycles. The van der Waals surface area contributed by atoms with Crippen molar-refractivity contribution in [1.82, 2.24) is 29.8 Å². The highest BCUT2D eigenvalue weighted by molar-refractivity contribution is 5.92. The summed E-state index contributed by atoms with van der Waals surface area (Å²) in [6, 6.07) is 11.0. The minimum atomic E-state index is -0.724. The number of H-pyrrole nitrogens is 2. The maximum atomic E-state index is 14.1. The van der Waals surface area contributed by atoms with E-state index in [4.69, 9.17) is 4.98 Å². The van der Waals surface area contributed by atoms with Gasteiger partial charge >= 0.3 is 0 Å². The van der Waals surface area contributed by atoms with Gasteiger partial charge in [0.15, 0.2) is 5.65 Å². The average Bonchev–Trinajstić information content (AvgIpc) is 3.55. The van der Waals surface area contributed by atoms with Crippen molar-refractivity contribution in [2.24, 2.45) is 11.8 Å². The summed E-state index contributed by atoms with van der Waals surface area (Å²) in [6.07, 6.45) is 6.29. The van der Waals surface area contributed by atoms with Crippen molar-refractivity contribution in [3.8, 4) is 11.3 Å². The Labute approximate surface area is 255 Å². The second kappa shape index (κ2) is 11.9. The standard InChI is InChI=1S/C36H46N6O/c1-21(2)18-42(19-22(3)4)35(43)36(8,9)28-15-29-31(25(7)13-26-14-30-34(37-16-26)40-20-39-30)32(41-33(29)38-17-28)27-11-23(5)10-24(6)12-27/h10-12,14-17,20-22,25H,13,18-19H2,1-9H3,(H,38,41)(H,37,39,40)/t25-/m0/s1. The molecule has 4 aromatic heterocycles. The molecule has 0 radical (unpaired) electrons. The minimum Gasteiger partial charge on any atom is -0.343 e. The zero-order valence-corrected chi connectivity index (χ0v) is 27.2. The lowest BCUT2D eigenvalue weighted by Crippen LogP contribution is -2.46. The summed E-state index contributed by atoms with van der Waals surface area (Å²) in [4.78, 5) is 36.8. The number of rotatable bonds is 10. The normalized spacial score (nSPS) is 13.0. The van der Waals surface area contributed by atoms with E-state index in [1.54, 1.807) is 6.33 Å². The number of pyridine rings is 2. The highest BCUT2D eigenvalue weighted by Gasteiger charge is 2.35. The topological polar surface area (TPSA) is 90.6 Å². The molecule has 5 rings (SSSR count). The van der Waals surface area contributed by atoms with Crippen LogP contribution in [-0.2, 0) is 16.6 Å². The molecule has 0 aliphatic rings. The Morgan fingerprint density at radius 1 is 0.884 bits per heavy atom. The number of carbonyl (C=O) groups is 1. The van der Waals surface area contributed by atoms with Crippen molar-refractivity contribution in [2.45, 2.75) is 80.1 Å². The van der Waals surface area contributed by atoms with E-state index in [0.717, 1.165) is 64.1 Å². The molecule has 4 heterocycles. The van der Waals surface area contributed by atoms with Crippen LogP contribution in [-0.4, -0.2) is 48.8 Å². The number of amides is 1. The highest BCUT2D eigenvalue weighted by atomic mass is 16.2. The van der Waals surface area contributed by atoms with Crippen LogP contribution >= 0.6 is 0 Å². The molecule has 0 fully saturated rings. The lowest BCUT2D eigenvalue weighted by atomic mass is 9.82. The first-order valence-electron chi connectivity index (χ1n) is 15.5. The van der Waals surface area contributed by atoms with E-state index in [0.29, 0.717) is 11.8 Å². The fourth-order valence-electron chi connectivity index (χ4n) is 6.37. The molecule has 7 nitrogen and oxygen atoms in total. The molecular formula is C36H46N6O. The third kappa shape index (κ3) is 6.36. The van der Waals surface area contributed by atoms with Gasteiger partial charge in [0, 0.05) is 30.9 Å². The fourth-order valence-corrected chi connectivity index (χ4v) is 6.37. The van der Waals surface area contributed by atoms with Gasteiger partial charge in [-0.3, -0.25) is 4.79 Å². The van der Waals surface area contributed by atoms with E-state index in [1.807, 2.05) is 31.1 Å². The smallest absolute Gasteiger partial charge is 0.232 e. The highest BCUT2D eigenvalue weighted by Crippen LogP contribution is 2.39. The minimum absolute atomic E-state index is 0.148. The molecule has 0 saturated heterocycles. The predicted molar refractivity (Wildman–Crippen MR) is 176 cm³/mol. The number of hydrogen-bond donors (Lipinski definition) is 2. The Kier molecular flexibility index (Phi) is 8.46. The number of aryl methyl sites for hydroxylation is 2. The number of nitrogens with one attached hydrogen (secondary N) is 2. The van der Waals surface area contributed by atoms with Crippen molar-refractivity contribution >= 4 is 28.1 Å². The van der Waals surface area contributed by atoms with Crippen molar-refractivity contribution in [3.63, 3.8) is 0 Å². The van der Waals surface area contributed by atoms with Crippen LogP contribution in [0, 0.1) is 25.7 Å². The van der Waals surface area contributed by atoms with Crippen LogP contribution in [0.2, 0.25) is 0 Å². The van der Waals surface area contributed by atoms with Crippen molar-refractivity contribution in [3.05, 3.63) is 76.9 Å². The van der Waals surface area contributed by atoms with Crippen molar-refractivity contribution in [1.29, 1.82) is 0 Å². The second-order valence-corrected chi connectivity index (χ2v) is 13.8. The summed E-state index contributed by atoms with van der Waals surface area (Å²) in [5.41, 5.74) is 9.74. The molecule has 0 spiro atoms. The number of nitrogens with zero attached hydrogens (tertiary/aromatic N) is 4. The first kappa shape index (κ1) is 30.5. The maximum absolute atomic E-state index is 14.1. The number of carbonyl (C=O) groups excluding carboxylic acids is 1. The van der Waals surface area contributed by atoms with Gasteiger partial charge in [0.2, 0.25) is 5.91 Å². The number of hydrogen-bond acceptors (Lipinski definition) is 4. The van der Waals surface area contributed by atoms with Gasteiger partial charge in [-0.2, -0.15) is 0 Å². The number of aromatic nitrogens is 5. The zero-order valence-electron chi connectivity index (χ0n) is 27.2. The summed E-state index contributed by atoms with van der Waals surface area (Å²) in [6.45, 7) is 20.8. The summed E-state index contributed by atoms with van der Waals surface area (Å²) in [7, 11) is 0. The second-order valence-electron chi connectivity index (χ2n) is 13.8. The predicted octanol–water partition coefficient (Wildman–Crippen LogP) is 7.88. The number of benzene rings is 1. The van der Waals surface area contributed by atoms with Crippen LogP contribution in [0.4, 0.5) is 0 Å². The van der Waals surface area contributed by atoms with Crippen molar-refractivity contribution in [2.75, 3.05) is 13.1 Å². The SMILES string of the molecule is Cc1cc(C)cc(-c2[nH]c3ncc(C(C)(C)C(=O)N(CC(C)C)CC(C)C)cc3c2[C@@H](C)Cc2cnc3nc[nH]c3c2)c1. The summed E-state index contributed by atoms with van der Waals surface area (Å²) < 4.78 is 0. The third-order valence-corrected chi connectivity index (χ3v) is 8.28. The summed E-state index contributed by atoms with van der Waals surface area (Å²) in [5, 5.41) is 1.06. The van der Waals surface area contributed by atoms with Gasteiger partial charge in [-0.05, 0) is 98.4 Å². The molecule has 5 aromatic rings. The van der Waals surface area contributed by atoms with Gasteiger partial charge < -0.3 is 14.9 Å². The molecule has 1 amide bonds. The van der Waals surface area contributed by atoms with E-state index in [-0.39, 0.29) is 11.8 Å². The van der Waals surface area contributed by atoms with E-state index < -0.39 is 5.41 Å². The van der Waals surface area contributed by atoms with Gasteiger partial charge in [-0.15, -0.1) is 0 Å². The summed E-state index contributed by atoms with van der Waals surface area (Å²) >= 11 is 0. The Balaban J connectivity index is 1.62. The molecule has 1 atom stereocenters. The van der Waals surface area contributed by atoms with Crippen LogP contribution in [0.15, 0.2) is 49.1 Å². The van der Waals surface area contributed by atoms with Crippen molar-refractivity contribution < 1.29 is 4.79 Å². The van der Waals surface area contributed by atoms with E-state index in [1.165, 1.54) is 16.7 Å². The molecule has 0 unspecified atom stereocenters. The number of aromatic amines is 2. The summed E-state index contributed by atoms with van der Waals surface area (Å²) in [5.74, 6) is 1.09. The number of fused-ring (bicyclic) bond motifs is 2. The molecule has 226 valence electrons. The van der Waals surface area contributed by atoms with Gasteiger partial charge in [0.05, 0.1) is 23.0 Å². The molecule has 0 aliphatic heterocycles. The van der Waals surface area contributed by atoms with E-state index >= 15 is 0 Å². The molecule has 0 bridgehead atoms. The zero-order chi connectivity index (χ0) is 31.1. The van der Waals surface area contributed by atoms with Crippen LogP contribution in [0.3, 0.4) is 0 Å². The lowest BCUT2D eigenvalue weighted by Gasteiger charge is -2.34. The van der Waals surface area contributed by atoms with Crippen LogP contribution in [0.5, 0.6) is 0 Å². The van der Waals surface area contributed by atoms with Crippen LogP contribution in [0.25, 0.3) is 33.5 Å². The van der Waals surface area contributed by atoms with E-state index in [2.05, 4.69) is 98.7 Å². The van der Waals surface area contributed by atoms with E-state index in [9.17, 15) is 4.79 Å². The maximum Gasteiger partial charge on any atom is 0.232 e. The van der Waals surface area contributed by atoms with Crippen LogP contribution in [0.1, 0.15) is 82.2 Å². The fraction of sp³-hybridized carbons (Fsp3) is 0.444. The Morgan fingerprint density at radius 3 is 2.21 bits per heavy atom. The Bertz CT molecular complexity index is 1730. The lowest BCUT2D eigenvalue weighted by molar-refractivity contribution is -0.137. The van der Waals surface area contributed by atoms with Gasteiger partial charge in [0.1, 0.15) is 5.65 Å².